The number of amides is 1. The molecule has 1 saturated carbocycles. The van der Waals surface area contributed by atoms with Crippen molar-refractivity contribution in [2.24, 2.45) is 0 Å². The number of carbonyl (C=O) groups excluding carboxylic acids is 1. The summed E-state index contributed by atoms with van der Waals surface area (Å²) in [6.07, 6.45) is 6.56. The van der Waals surface area contributed by atoms with E-state index < -0.39 is 0 Å². The summed E-state index contributed by atoms with van der Waals surface area (Å²) in [6, 6.07) is 7.71. The van der Waals surface area contributed by atoms with Gasteiger partial charge in [0.1, 0.15) is 0 Å². The van der Waals surface area contributed by atoms with Crippen molar-refractivity contribution in [1.29, 1.82) is 0 Å². The number of nitrogens with one attached hydrogen (secondary N) is 1. The summed E-state index contributed by atoms with van der Waals surface area (Å²) in [5.41, 5.74) is 0.860. The van der Waals surface area contributed by atoms with E-state index in [1.165, 1.54) is 32.1 Å². The number of thioether (sulfide) groups is 1. The second kappa shape index (κ2) is 7.19. The van der Waals surface area contributed by atoms with E-state index >= 15 is 0 Å². The Labute approximate surface area is 121 Å². The Morgan fingerprint density at radius 3 is 2.83 bits per heavy atom. The summed E-state index contributed by atoms with van der Waals surface area (Å²) in [7, 11) is 0. The molecule has 2 nitrogen and oxygen atoms in total. The highest BCUT2D eigenvalue weighted by Gasteiger charge is 2.15. The highest BCUT2D eigenvalue weighted by molar-refractivity contribution is 9.10. The van der Waals surface area contributed by atoms with Gasteiger partial charge in [-0.1, -0.05) is 41.3 Å². The summed E-state index contributed by atoms with van der Waals surface area (Å²) in [6.45, 7) is 0. The highest BCUT2D eigenvalue weighted by Crippen LogP contribution is 2.28. The molecule has 4 heteroatoms. The Hall–Kier alpha value is -0.480. The molecule has 1 N–H and O–H groups in total. The second-order valence-corrected chi connectivity index (χ2v) is 6.83. The Bertz CT molecular complexity index is 405. The zero-order valence-corrected chi connectivity index (χ0v) is 12.7. The molecule has 0 radical (unpaired) electrons. The Morgan fingerprint density at radius 2 is 2.11 bits per heavy atom. The zero-order chi connectivity index (χ0) is 12.8. The van der Waals surface area contributed by atoms with Crippen molar-refractivity contribution in [1.82, 2.24) is 0 Å². The standard InChI is InChI=1S/C14H18BrNOS/c15-11-5-4-6-12(9-11)16-14(17)10-18-13-7-2-1-3-8-13/h4-6,9,13H,1-3,7-8,10H2,(H,16,17). The van der Waals surface area contributed by atoms with Crippen LogP contribution >= 0.6 is 27.7 Å². The lowest BCUT2D eigenvalue weighted by molar-refractivity contribution is -0.113. The fourth-order valence-electron chi connectivity index (χ4n) is 2.19. The maximum atomic E-state index is 11.8. The van der Waals surface area contributed by atoms with Crippen LogP contribution in [-0.4, -0.2) is 16.9 Å². The molecule has 1 aliphatic carbocycles. The topological polar surface area (TPSA) is 29.1 Å². The fourth-order valence-corrected chi connectivity index (χ4v) is 3.71. The first-order valence-electron chi connectivity index (χ1n) is 6.41. The van der Waals surface area contributed by atoms with Crippen molar-refractivity contribution in [3.05, 3.63) is 28.7 Å². The number of hydrogen-bond donors (Lipinski definition) is 1. The molecule has 0 saturated heterocycles. The third-order valence-electron chi connectivity index (χ3n) is 3.11. The van der Waals surface area contributed by atoms with Gasteiger partial charge < -0.3 is 5.32 Å². The SMILES string of the molecule is O=C(CSC1CCCCC1)Nc1cccc(Br)c1. The lowest BCUT2D eigenvalue weighted by Crippen LogP contribution is -2.17. The minimum absolute atomic E-state index is 0.101. The van der Waals surface area contributed by atoms with Crippen molar-refractivity contribution in [3.8, 4) is 0 Å². The molecule has 1 aromatic rings. The first kappa shape index (κ1) is 13.9. The van der Waals surface area contributed by atoms with Gasteiger partial charge in [0.25, 0.3) is 0 Å². The Balaban J connectivity index is 1.74. The first-order valence-corrected chi connectivity index (χ1v) is 8.25. The molecule has 0 spiro atoms. The van der Waals surface area contributed by atoms with Gasteiger partial charge in [-0.3, -0.25) is 4.79 Å². The average molecular weight is 328 g/mol. The molecule has 1 fully saturated rings. The normalized spacial score (nSPS) is 16.5. The maximum Gasteiger partial charge on any atom is 0.234 e. The van der Waals surface area contributed by atoms with Crippen LogP contribution in [0.2, 0.25) is 0 Å². The van der Waals surface area contributed by atoms with Crippen LogP contribution in [0, 0.1) is 0 Å². The van der Waals surface area contributed by atoms with Crippen LogP contribution in [0.3, 0.4) is 0 Å². The van der Waals surface area contributed by atoms with Gasteiger partial charge in [0, 0.05) is 15.4 Å². The molecule has 18 heavy (non-hydrogen) atoms. The number of rotatable bonds is 4. The summed E-state index contributed by atoms with van der Waals surface area (Å²) in [4.78, 5) is 11.8. The third kappa shape index (κ3) is 4.65. The zero-order valence-electron chi connectivity index (χ0n) is 10.3. The van der Waals surface area contributed by atoms with E-state index in [1.54, 1.807) is 11.8 Å². The van der Waals surface area contributed by atoms with Crippen LogP contribution < -0.4 is 5.32 Å². The quantitative estimate of drug-likeness (QED) is 0.884. The second-order valence-electron chi connectivity index (χ2n) is 4.63. The molecular formula is C14H18BrNOS. The number of hydrogen-bond acceptors (Lipinski definition) is 2. The van der Waals surface area contributed by atoms with Gasteiger partial charge in [0.05, 0.1) is 5.75 Å². The molecule has 98 valence electrons. The van der Waals surface area contributed by atoms with Crippen molar-refractivity contribution >= 4 is 39.3 Å². The first-order chi connectivity index (χ1) is 8.74. The van der Waals surface area contributed by atoms with E-state index in [0.717, 1.165) is 10.2 Å². The van der Waals surface area contributed by atoms with E-state index in [2.05, 4.69) is 21.2 Å². The van der Waals surface area contributed by atoms with Gasteiger partial charge in [0.15, 0.2) is 0 Å². The number of carbonyl (C=O) groups is 1. The molecule has 0 bridgehead atoms. The molecule has 0 aromatic heterocycles. The van der Waals surface area contributed by atoms with Crippen molar-refractivity contribution in [2.75, 3.05) is 11.1 Å². The van der Waals surface area contributed by atoms with Crippen LogP contribution in [0.4, 0.5) is 5.69 Å². The van der Waals surface area contributed by atoms with Gasteiger partial charge in [-0.2, -0.15) is 0 Å². The van der Waals surface area contributed by atoms with Crippen LogP contribution in [0.25, 0.3) is 0 Å². The van der Waals surface area contributed by atoms with Crippen LogP contribution in [-0.2, 0) is 4.79 Å². The summed E-state index contributed by atoms with van der Waals surface area (Å²) in [5.74, 6) is 0.667. The third-order valence-corrected chi connectivity index (χ3v) is 4.98. The van der Waals surface area contributed by atoms with Crippen LogP contribution in [0.5, 0.6) is 0 Å². The molecule has 0 aliphatic heterocycles. The smallest absolute Gasteiger partial charge is 0.234 e. The molecule has 0 atom stereocenters. The Kier molecular flexibility index (Phi) is 5.57. The van der Waals surface area contributed by atoms with Gasteiger partial charge in [0.2, 0.25) is 5.91 Å². The average Bonchev–Trinajstić information content (AvgIpc) is 2.38. The maximum absolute atomic E-state index is 11.8. The van der Waals surface area contributed by atoms with Crippen molar-refractivity contribution in [2.45, 2.75) is 37.4 Å². The van der Waals surface area contributed by atoms with Crippen molar-refractivity contribution < 1.29 is 4.79 Å². The highest BCUT2D eigenvalue weighted by atomic mass is 79.9. The van der Waals surface area contributed by atoms with E-state index in [-0.39, 0.29) is 5.91 Å². The summed E-state index contributed by atoms with van der Waals surface area (Å²) < 4.78 is 0.986. The lowest BCUT2D eigenvalue weighted by atomic mass is 10.0. The minimum Gasteiger partial charge on any atom is -0.325 e. The molecule has 1 aliphatic rings. The predicted molar refractivity (Wildman–Crippen MR) is 82.1 cm³/mol. The minimum atomic E-state index is 0.101. The number of halogens is 1. The van der Waals surface area contributed by atoms with E-state index in [4.69, 9.17) is 0 Å². The number of anilines is 1. The molecule has 1 aromatic carbocycles. The molecule has 2 rings (SSSR count). The van der Waals surface area contributed by atoms with Gasteiger partial charge >= 0.3 is 0 Å². The molecule has 0 unspecified atom stereocenters. The van der Waals surface area contributed by atoms with E-state index in [1.807, 2.05) is 24.3 Å². The van der Waals surface area contributed by atoms with E-state index in [0.29, 0.717) is 11.0 Å². The fraction of sp³-hybridized carbons (Fsp3) is 0.500. The Morgan fingerprint density at radius 1 is 1.33 bits per heavy atom. The monoisotopic (exact) mass is 327 g/mol. The lowest BCUT2D eigenvalue weighted by Gasteiger charge is -2.20. The molecule has 1 amide bonds. The van der Waals surface area contributed by atoms with Gasteiger partial charge in [-0.05, 0) is 31.0 Å². The van der Waals surface area contributed by atoms with Gasteiger partial charge in [-0.25, -0.2) is 0 Å². The summed E-state index contributed by atoms with van der Waals surface area (Å²) in [5, 5.41) is 3.62. The summed E-state index contributed by atoms with van der Waals surface area (Å²) >= 11 is 5.20. The largest absolute Gasteiger partial charge is 0.325 e. The van der Waals surface area contributed by atoms with Gasteiger partial charge in [-0.15, -0.1) is 11.8 Å². The number of benzene rings is 1. The van der Waals surface area contributed by atoms with Crippen LogP contribution in [0.1, 0.15) is 32.1 Å². The van der Waals surface area contributed by atoms with Crippen LogP contribution in [0.15, 0.2) is 28.7 Å². The van der Waals surface area contributed by atoms with E-state index in [9.17, 15) is 4.79 Å². The van der Waals surface area contributed by atoms with Crippen molar-refractivity contribution in [3.63, 3.8) is 0 Å². The molecule has 0 heterocycles. The molecular weight excluding hydrogens is 310 g/mol. The predicted octanol–water partition coefficient (Wildman–Crippen LogP) is 4.45.